The lowest BCUT2D eigenvalue weighted by Gasteiger charge is -2.41. The standard InChI is InChI=1S/C65H89BrClN5O17S/c1-36(2)47(31-46(73)20-15-14-19-40(6)86-61(79)39(5)35-66)59(77)70-48(21-17-25-69-63(68)81)50(74)29-44-23-24-45(30-52(44)90(13,83)84)60(78)71(10)42(8)62(80)88-54-32-55(75)72(11)49-28-43(27-38(4)57(49)67)26-37(3)18-16-22-53(85-12)65(82)33-51(87-56(76)34-65)41(7)58-64(54,9)89-58/h16,18,22-24,27-28,30,36,40-42,47-48,51,53-54,58,82H,5,14-15,17,19-21,25-26,29,31-35H2,1-4,6-13H3,(H,70,77)(H3,68,69,81)/b22-16+,37-18+/t40?,41-,42+,47+,48+,51+,53-,54+,58+,64+,65-/m1/s1. The third-order valence-electron chi connectivity index (χ3n) is 17.1. The maximum atomic E-state index is 14.5. The van der Waals surface area contributed by atoms with Gasteiger partial charge in [0.1, 0.15) is 41.3 Å². The molecule has 2 aromatic rings. The van der Waals surface area contributed by atoms with Crippen LogP contribution in [0.25, 0.3) is 0 Å². The van der Waals surface area contributed by atoms with Gasteiger partial charge in [-0.2, -0.15) is 0 Å². The second-order valence-electron chi connectivity index (χ2n) is 24.8. The van der Waals surface area contributed by atoms with E-state index in [2.05, 4.69) is 33.1 Å². The number of aliphatic hydroxyl groups is 1. The molecule has 0 aliphatic carbocycles. The molecule has 0 radical (unpaired) electrons. The van der Waals surface area contributed by atoms with Crippen LogP contribution in [-0.2, 0) is 79.9 Å². The van der Waals surface area contributed by atoms with Crippen molar-refractivity contribution < 1.29 is 80.4 Å². The number of fused-ring (bicyclic) bond motifs is 5. The van der Waals surface area contributed by atoms with Crippen molar-refractivity contribution in [1.29, 1.82) is 0 Å². The number of nitrogens with two attached hydrogens (primary N) is 1. The number of amides is 5. The normalized spacial score (nSPS) is 24.3. The number of hydrogen-bond donors (Lipinski definition) is 4. The number of methoxy groups -OCH3 is 1. The van der Waals surface area contributed by atoms with Crippen molar-refractivity contribution in [3.05, 3.63) is 93.6 Å². The number of allylic oxidation sites excluding steroid dienone is 3. The van der Waals surface area contributed by atoms with Crippen molar-refractivity contribution in [2.45, 2.75) is 191 Å². The summed E-state index contributed by atoms with van der Waals surface area (Å²) >= 11 is 10.0. The van der Waals surface area contributed by atoms with Gasteiger partial charge in [0, 0.05) is 88.0 Å². The van der Waals surface area contributed by atoms with Crippen LogP contribution in [0.5, 0.6) is 0 Å². The van der Waals surface area contributed by atoms with Crippen LogP contribution in [0.4, 0.5) is 10.5 Å². The SMILES string of the molecule is C=C(CBr)C(=O)OC(C)CCCCC(=O)C[C@H](C(=O)N[C@@H](CCCNC(N)=O)C(=O)Cc1ccc(C(=O)N(C)[C@@H](C)C(=O)O[C@H]2CC(=O)N(C)c3cc(cc(C)c3Cl)C/C(C)=C/C=C/[C@@H](OC)[C@]3(O)CC(=O)O[C@@H](C3)[C@@H](C)[C@@H]3O[C@@]23C)cc1S(C)(=O)=O)C(C)C. The van der Waals surface area contributed by atoms with E-state index < -0.39 is 136 Å². The number of aryl methyl sites for hydroxylation is 1. The lowest BCUT2D eigenvalue weighted by atomic mass is 9.78. The van der Waals surface area contributed by atoms with E-state index in [1.54, 1.807) is 59.9 Å². The van der Waals surface area contributed by atoms with E-state index in [9.17, 15) is 56.7 Å². The molecule has 0 spiro atoms. The zero-order valence-corrected chi connectivity index (χ0v) is 56.8. The van der Waals surface area contributed by atoms with E-state index in [-0.39, 0.29) is 83.7 Å². The Morgan fingerprint density at radius 3 is 2.36 bits per heavy atom. The molecule has 11 atom stereocenters. The van der Waals surface area contributed by atoms with Crippen LogP contribution in [0.2, 0.25) is 5.02 Å². The second-order valence-corrected chi connectivity index (χ2v) is 27.7. The number of sulfone groups is 1. The number of anilines is 1. The molecule has 3 heterocycles. The number of likely N-dealkylation sites (N-methyl/N-ethyl adjacent to an activating group) is 1. The first-order valence-corrected chi connectivity index (χ1v) is 33.6. The smallest absolute Gasteiger partial charge is 0.334 e. The maximum Gasteiger partial charge on any atom is 0.334 e. The molecule has 22 nitrogen and oxygen atoms in total. The summed E-state index contributed by atoms with van der Waals surface area (Å²) in [5, 5.41) is 17.9. The zero-order chi connectivity index (χ0) is 67.3. The van der Waals surface area contributed by atoms with Crippen LogP contribution in [0.3, 0.4) is 0 Å². The van der Waals surface area contributed by atoms with Crippen molar-refractivity contribution in [3.63, 3.8) is 0 Å². The number of primary amides is 1. The van der Waals surface area contributed by atoms with Crippen LogP contribution in [-0.4, -0.2) is 165 Å². The number of unbranched alkanes of at least 4 members (excludes halogenated alkanes) is 1. The summed E-state index contributed by atoms with van der Waals surface area (Å²) in [6.45, 7) is 17.5. The Bertz CT molecular complexity index is 3230. The van der Waals surface area contributed by atoms with Crippen LogP contribution in [0, 0.1) is 24.7 Å². The lowest BCUT2D eigenvalue weighted by molar-refractivity contribution is -0.187. The first kappa shape index (κ1) is 74.4. The summed E-state index contributed by atoms with van der Waals surface area (Å²) in [6, 6.07) is 3.97. The molecule has 496 valence electrons. The minimum Gasteiger partial charge on any atom is -0.462 e. The van der Waals surface area contributed by atoms with Gasteiger partial charge in [-0.3, -0.25) is 28.8 Å². The highest BCUT2D eigenvalue weighted by molar-refractivity contribution is 9.09. The number of hydrogen-bond acceptors (Lipinski definition) is 17. The van der Waals surface area contributed by atoms with Crippen molar-refractivity contribution in [3.8, 4) is 0 Å². The molecule has 0 aromatic heterocycles. The Labute approximate surface area is 541 Å². The van der Waals surface area contributed by atoms with E-state index in [1.807, 2.05) is 26.0 Å². The zero-order valence-electron chi connectivity index (χ0n) is 53.6. The summed E-state index contributed by atoms with van der Waals surface area (Å²) in [5.41, 5.74) is 5.15. The second kappa shape index (κ2) is 32.3. The van der Waals surface area contributed by atoms with Gasteiger partial charge in [0.05, 0.1) is 46.7 Å². The van der Waals surface area contributed by atoms with Crippen molar-refractivity contribution >= 4 is 96.3 Å². The maximum absolute atomic E-state index is 14.5. The number of nitrogens with zero attached hydrogens (tertiary/aromatic N) is 2. The molecular formula is C65H89BrClN5O17S. The quantitative estimate of drug-likeness (QED) is 0.0177. The van der Waals surface area contributed by atoms with Gasteiger partial charge >= 0.3 is 23.9 Å². The summed E-state index contributed by atoms with van der Waals surface area (Å²) in [4.78, 5) is 124. The van der Waals surface area contributed by atoms with Gasteiger partial charge in [-0.05, 0) is 114 Å². The number of Topliss-reactive ketones (excluding diaryl/α,β-unsaturated/α-hetero) is 2. The van der Waals surface area contributed by atoms with Crippen molar-refractivity contribution in [2.75, 3.05) is 44.2 Å². The van der Waals surface area contributed by atoms with E-state index in [1.165, 1.54) is 38.1 Å². The summed E-state index contributed by atoms with van der Waals surface area (Å²) in [5.74, 6) is -6.68. The van der Waals surface area contributed by atoms with Crippen LogP contribution < -0.4 is 21.3 Å². The monoisotopic (exact) mass is 1360 g/mol. The number of urea groups is 1. The van der Waals surface area contributed by atoms with E-state index in [0.717, 1.165) is 28.4 Å². The molecule has 4 bridgehead atoms. The first-order chi connectivity index (χ1) is 42.0. The molecule has 5 N–H and O–H groups in total. The third kappa shape index (κ3) is 19.9. The van der Waals surface area contributed by atoms with Gasteiger partial charge in [0.2, 0.25) is 11.8 Å². The van der Waals surface area contributed by atoms with Crippen LogP contribution in [0.15, 0.2) is 71.2 Å². The topological polar surface area (TPSA) is 314 Å². The molecule has 90 heavy (non-hydrogen) atoms. The third-order valence-corrected chi connectivity index (χ3v) is 19.5. The molecule has 0 saturated carbocycles. The lowest BCUT2D eigenvalue weighted by Crippen LogP contribution is -2.53. The van der Waals surface area contributed by atoms with Gasteiger partial charge in [0.15, 0.2) is 15.6 Å². The number of esters is 3. The molecule has 2 saturated heterocycles. The molecule has 2 aromatic carbocycles. The molecule has 5 rings (SSSR count). The average molecular weight is 1360 g/mol. The largest absolute Gasteiger partial charge is 0.462 e. The van der Waals surface area contributed by atoms with Crippen molar-refractivity contribution in [2.24, 2.45) is 23.5 Å². The van der Waals surface area contributed by atoms with Gasteiger partial charge in [-0.1, -0.05) is 90.8 Å². The van der Waals surface area contributed by atoms with Crippen LogP contribution in [0.1, 0.15) is 140 Å². The number of carbonyl (C=O) groups is 9. The van der Waals surface area contributed by atoms with Crippen molar-refractivity contribution in [1.82, 2.24) is 15.5 Å². The fourth-order valence-corrected chi connectivity index (χ4v) is 12.8. The number of ether oxygens (including phenoxy) is 5. The van der Waals surface area contributed by atoms with E-state index >= 15 is 0 Å². The molecule has 3 aliphatic heterocycles. The first-order valence-electron chi connectivity index (χ1n) is 30.2. The number of rotatable bonds is 26. The molecule has 3 aliphatic rings. The number of alkyl halides is 1. The summed E-state index contributed by atoms with van der Waals surface area (Å²) in [7, 11) is 0.0914. The molecule has 2 fully saturated rings. The Morgan fingerprint density at radius 1 is 1.03 bits per heavy atom. The highest BCUT2D eigenvalue weighted by Gasteiger charge is 2.64. The number of benzene rings is 2. The average Bonchev–Trinajstić information content (AvgIpc) is 1.57. The number of epoxide rings is 1. The number of carbonyl (C=O) groups excluding carboxylic acids is 9. The number of nitrogens with one attached hydrogen (secondary N) is 2. The minimum atomic E-state index is -4.19. The summed E-state index contributed by atoms with van der Waals surface area (Å²) in [6.07, 6.45) is 2.68. The fourth-order valence-electron chi connectivity index (χ4n) is 11.4. The number of ketones is 2. The highest BCUT2D eigenvalue weighted by atomic mass is 79.9. The molecular weight excluding hydrogens is 1270 g/mol. The van der Waals surface area contributed by atoms with E-state index in [4.69, 9.17) is 41.0 Å². The Morgan fingerprint density at radius 2 is 1.72 bits per heavy atom. The van der Waals surface area contributed by atoms with Crippen LogP contribution >= 0.6 is 27.5 Å². The number of halogens is 2. The Balaban J connectivity index is 1.37. The molecule has 5 amide bonds. The minimum absolute atomic E-state index is 0.00722. The van der Waals surface area contributed by atoms with E-state index in [0.29, 0.717) is 42.0 Å². The van der Waals surface area contributed by atoms with Gasteiger partial charge in [0.25, 0.3) is 5.91 Å². The fraction of sp³-hybridized carbons (Fsp3) is 0.585. The predicted molar refractivity (Wildman–Crippen MR) is 341 cm³/mol. The Kier molecular flexibility index (Phi) is 26.7. The predicted octanol–water partition coefficient (Wildman–Crippen LogP) is 7.50. The highest BCUT2D eigenvalue weighted by Crippen LogP contribution is 2.50. The molecule has 25 heteroatoms. The van der Waals surface area contributed by atoms with Gasteiger partial charge in [-0.25, -0.2) is 22.8 Å². The van der Waals surface area contributed by atoms with Gasteiger partial charge in [-0.15, -0.1) is 0 Å². The van der Waals surface area contributed by atoms with Gasteiger partial charge < -0.3 is 55.0 Å². The molecule has 1 unspecified atom stereocenters. The summed E-state index contributed by atoms with van der Waals surface area (Å²) < 4.78 is 56.6. The Hall–Kier alpha value is -6.31.